The number of carbonyl (C=O) groups is 3. The molecular formula is C22H26FN5O3S. The van der Waals surface area contributed by atoms with E-state index < -0.39 is 11.6 Å². The number of imide groups is 1. The Labute approximate surface area is 190 Å². The molecule has 1 atom stereocenters. The molecule has 0 radical (unpaired) electrons. The Balaban J connectivity index is 1.58. The van der Waals surface area contributed by atoms with Gasteiger partial charge < -0.3 is 10.2 Å². The minimum atomic E-state index is -1.16. The van der Waals surface area contributed by atoms with Crippen LogP contribution in [-0.4, -0.2) is 61.6 Å². The molecule has 2 saturated heterocycles. The molecule has 0 unspecified atom stereocenters. The van der Waals surface area contributed by atoms with Gasteiger partial charge in [-0.1, -0.05) is 26.0 Å². The fraction of sp³-hybridized carbons (Fsp3) is 0.500. The van der Waals surface area contributed by atoms with E-state index >= 15 is 0 Å². The van der Waals surface area contributed by atoms with Crippen molar-refractivity contribution in [2.24, 2.45) is 11.8 Å². The van der Waals surface area contributed by atoms with Gasteiger partial charge >= 0.3 is 6.03 Å². The molecule has 2 aromatic rings. The molecule has 0 bridgehead atoms. The molecule has 2 aliphatic rings. The molecule has 8 nitrogen and oxygen atoms in total. The number of hydrogen-bond acceptors (Lipinski definition) is 6. The molecule has 2 fully saturated rings. The molecule has 4 rings (SSSR count). The summed E-state index contributed by atoms with van der Waals surface area (Å²) >= 11 is 0.984. The van der Waals surface area contributed by atoms with Gasteiger partial charge in [0.1, 0.15) is 11.4 Å². The van der Waals surface area contributed by atoms with Crippen LogP contribution in [0.1, 0.15) is 42.7 Å². The number of urea groups is 1. The van der Waals surface area contributed by atoms with Crippen molar-refractivity contribution >= 4 is 29.6 Å². The molecule has 0 saturated carbocycles. The predicted molar refractivity (Wildman–Crippen MR) is 116 cm³/mol. The monoisotopic (exact) mass is 459 g/mol. The Morgan fingerprint density at radius 1 is 1.31 bits per heavy atom. The highest BCUT2D eigenvalue weighted by atomic mass is 32.1. The maximum Gasteiger partial charge on any atom is 0.325 e. The number of hydrogen-bond donors (Lipinski definition) is 1. The van der Waals surface area contributed by atoms with Crippen LogP contribution in [0, 0.1) is 17.7 Å². The quantitative estimate of drug-likeness (QED) is 0.670. The fourth-order valence-electron chi connectivity index (χ4n) is 4.68. The van der Waals surface area contributed by atoms with Gasteiger partial charge in [-0.05, 0) is 42.4 Å². The number of likely N-dealkylation sites (tertiary alicyclic amines) is 1. The summed E-state index contributed by atoms with van der Waals surface area (Å²) in [7, 11) is 0. The molecule has 10 heteroatoms. The van der Waals surface area contributed by atoms with Crippen molar-refractivity contribution < 1.29 is 18.8 Å². The summed E-state index contributed by atoms with van der Waals surface area (Å²) in [4.78, 5) is 42.0. The summed E-state index contributed by atoms with van der Waals surface area (Å²) in [5.74, 6) is -0.892. The Kier molecular flexibility index (Phi) is 6.23. The van der Waals surface area contributed by atoms with E-state index in [4.69, 9.17) is 0 Å². The second-order valence-electron chi connectivity index (χ2n) is 8.88. The van der Waals surface area contributed by atoms with Gasteiger partial charge in [0.2, 0.25) is 0 Å². The number of nitrogens with one attached hydrogen (secondary N) is 1. The second-order valence-corrected chi connectivity index (χ2v) is 9.43. The Hall–Kier alpha value is -2.88. The van der Waals surface area contributed by atoms with Crippen molar-refractivity contribution in [1.29, 1.82) is 0 Å². The van der Waals surface area contributed by atoms with Crippen molar-refractivity contribution in [3.8, 4) is 0 Å². The Morgan fingerprint density at radius 3 is 2.69 bits per heavy atom. The van der Waals surface area contributed by atoms with Gasteiger partial charge in [-0.2, -0.15) is 8.75 Å². The van der Waals surface area contributed by atoms with Crippen molar-refractivity contribution in [3.05, 3.63) is 47.5 Å². The lowest BCUT2D eigenvalue weighted by atomic mass is 9.73. The third-order valence-corrected chi connectivity index (χ3v) is 6.66. The first-order chi connectivity index (χ1) is 15.3. The van der Waals surface area contributed by atoms with Gasteiger partial charge in [0.05, 0.1) is 17.9 Å². The van der Waals surface area contributed by atoms with Crippen LogP contribution in [0.5, 0.6) is 0 Å². The fourth-order valence-corrected chi connectivity index (χ4v) is 5.09. The van der Waals surface area contributed by atoms with Crippen LogP contribution in [0.3, 0.4) is 0 Å². The Morgan fingerprint density at radius 2 is 2.06 bits per heavy atom. The number of halogens is 1. The third-order valence-electron chi connectivity index (χ3n) is 6.18. The zero-order valence-corrected chi connectivity index (χ0v) is 18.9. The van der Waals surface area contributed by atoms with Crippen LogP contribution >= 0.6 is 11.7 Å². The van der Waals surface area contributed by atoms with Gasteiger partial charge in [0.15, 0.2) is 5.69 Å². The van der Waals surface area contributed by atoms with E-state index in [1.165, 1.54) is 23.2 Å². The number of amides is 4. The molecule has 2 aliphatic heterocycles. The molecule has 170 valence electrons. The lowest BCUT2D eigenvalue weighted by molar-refractivity contribution is -0.134. The van der Waals surface area contributed by atoms with Gasteiger partial charge in [0, 0.05) is 26.1 Å². The number of rotatable bonds is 6. The lowest BCUT2D eigenvalue weighted by Gasteiger charge is -2.41. The smallest absolute Gasteiger partial charge is 0.325 e. The van der Waals surface area contributed by atoms with Crippen LogP contribution in [0.4, 0.5) is 9.18 Å². The summed E-state index contributed by atoms with van der Waals surface area (Å²) < 4.78 is 21.8. The average molecular weight is 460 g/mol. The van der Waals surface area contributed by atoms with E-state index in [1.807, 2.05) is 13.8 Å². The topological polar surface area (TPSA) is 95.5 Å². The molecule has 1 N–H and O–H groups in total. The van der Waals surface area contributed by atoms with Crippen molar-refractivity contribution in [2.75, 3.05) is 19.6 Å². The van der Waals surface area contributed by atoms with Gasteiger partial charge in [-0.25, -0.2) is 9.18 Å². The predicted octanol–water partition coefficient (Wildman–Crippen LogP) is 2.72. The number of benzene rings is 1. The zero-order chi connectivity index (χ0) is 22.9. The maximum atomic E-state index is 13.9. The highest BCUT2D eigenvalue weighted by Crippen LogP contribution is 2.37. The summed E-state index contributed by atoms with van der Waals surface area (Å²) in [5, 5.41) is 2.97. The van der Waals surface area contributed by atoms with E-state index in [0.29, 0.717) is 43.7 Å². The van der Waals surface area contributed by atoms with Crippen molar-refractivity contribution in [1.82, 2.24) is 23.9 Å². The van der Waals surface area contributed by atoms with E-state index in [2.05, 4.69) is 14.1 Å². The van der Waals surface area contributed by atoms with Crippen LogP contribution in [0.15, 0.2) is 30.5 Å². The minimum absolute atomic E-state index is 0.126. The average Bonchev–Trinajstić information content (AvgIpc) is 3.37. The van der Waals surface area contributed by atoms with E-state index in [9.17, 15) is 18.8 Å². The third kappa shape index (κ3) is 4.23. The normalized spacial score (nSPS) is 22.0. The van der Waals surface area contributed by atoms with Gasteiger partial charge in [-0.3, -0.25) is 14.5 Å². The molecular weight excluding hydrogens is 433 g/mol. The van der Waals surface area contributed by atoms with Crippen LogP contribution in [0.25, 0.3) is 0 Å². The number of nitrogens with zero attached hydrogens (tertiary/aromatic N) is 4. The Bertz CT molecular complexity index is 1010. The van der Waals surface area contributed by atoms with E-state index in [1.54, 1.807) is 17.0 Å². The highest BCUT2D eigenvalue weighted by Gasteiger charge is 2.56. The molecule has 3 heterocycles. The first-order valence-electron chi connectivity index (χ1n) is 10.8. The number of aromatic nitrogens is 2. The molecule has 0 aliphatic carbocycles. The molecule has 0 spiro atoms. The molecule has 4 amide bonds. The van der Waals surface area contributed by atoms with E-state index in [0.717, 1.165) is 11.7 Å². The largest absolute Gasteiger partial charge is 0.337 e. The first-order valence-corrected chi connectivity index (χ1v) is 11.5. The van der Waals surface area contributed by atoms with Crippen LogP contribution in [-0.2, 0) is 11.2 Å². The van der Waals surface area contributed by atoms with E-state index in [-0.39, 0.29) is 35.9 Å². The van der Waals surface area contributed by atoms with Gasteiger partial charge in [0.25, 0.3) is 11.8 Å². The molecule has 1 aromatic heterocycles. The SMILES string of the molecule is CC(C)CN1C(=O)N[C@@](Cc2cccc(F)c2)(C2CCN(C(=O)c3cnsn3)CC2)C1=O. The summed E-state index contributed by atoms with van der Waals surface area (Å²) in [6.45, 7) is 5.11. The van der Waals surface area contributed by atoms with Crippen molar-refractivity contribution in [3.63, 3.8) is 0 Å². The summed E-state index contributed by atoms with van der Waals surface area (Å²) in [6.07, 6.45) is 2.74. The van der Waals surface area contributed by atoms with Crippen LogP contribution < -0.4 is 5.32 Å². The summed E-state index contributed by atoms with van der Waals surface area (Å²) in [6, 6.07) is 5.72. The number of piperidine rings is 1. The highest BCUT2D eigenvalue weighted by molar-refractivity contribution is 6.99. The minimum Gasteiger partial charge on any atom is -0.337 e. The molecule has 1 aromatic carbocycles. The second kappa shape index (κ2) is 8.93. The van der Waals surface area contributed by atoms with Gasteiger partial charge in [-0.15, -0.1) is 0 Å². The zero-order valence-electron chi connectivity index (χ0n) is 18.1. The van der Waals surface area contributed by atoms with Crippen LogP contribution in [0.2, 0.25) is 0 Å². The number of carbonyl (C=O) groups excluding carboxylic acids is 3. The first kappa shape index (κ1) is 22.3. The summed E-state index contributed by atoms with van der Waals surface area (Å²) in [5.41, 5.74) is -0.190. The maximum absolute atomic E-state index is 13.9. The molecule has 32 heavy (non-hydrogen) atoms. The lowest BCUT2D eigenvalue weighted by Crippen LogP contribution is -2.58. The van der Waals surface area contributed by atoms with Crippen molar-refractivity contribution in [2.45, 2.75) is 38.6 Å². The standard InChI is InChI=1S/C22H26FN5O3S/c1-14(2)13-28-20(30)22(25-21(28)31,11-15-4-3-5-17(23)10-15)16-6-8-27(9-7-16)19(29)18-12-24-32-26-18/h3-5,10,12,14,16H,6-9,11,13H2,1-2H3,(H,25,31)/t22-/m0/s1.